The molecule has 1 heterocycles. The van der Waals surface area contributed by atoms with Crippen LogP contribution < -0.4 is 11.1 Å². The van der Waals surface area contributed by atoms with Gasteiger partial charge in [-0.05, 0) is 38.2 Å². The largest absolute Gasteiger partial charge is 0.450 e. The van der Waals surface area contributed by atoms with Crippen molar-refractivity contribution in [3.63, 3.8) is 0 Å². The minimum Gasteiger partial charge on any atom is -0.450 e. The normalized spacial score (nSPS) is 20.3. The second-order valence-electron chi connectivity index (χ2n) is 7.31. The number of amides is 1. The summed E-state index contributed by atoms with van der Waals surface area (Å²) < 4.78 is 5.05. The van der Waals surface area contributed by atoms with Crippen LogP contribution in [0.5, 0.6) is 0 Å². The molecule has 142 valence electrons. The molecule has 0 atom stereocenters. The molecule has 6 heteroatoms. The number of aliphatic imine (C=N–C) groups is 1. The van der Waals surface area contributed by atoms with E-state index >= 15 is 0 Å². The van der Waals surface area contributed by atoms with Crippen LogP contribution in [0, 0.1) is 0 Å². The molecule has 3 rings (SSSR count). The van der Waals surface area contributed by atoms with E-state index in [0.29, 0.717) is 25.7 Å². The van der Waals surface area contributed by atoms with Gasteiger partial charge in [0.15, 0.2) is 5.96 Å². The zero-order valence-corrected chi connectivity index (χ0v) is 15.6. The number of carbonyl (C=O) groups is 1. The molecule has 1 aromatic carbocycles. The van der Waals surface area contributed by atoms with Gasteiger partial charge in [0.2, 0.25) is 0 Å². The third-order valence-corrected chi connectivity index (χ3v) is 5.62. The Labute approximate surface area is 155 Å². The van der Waals surface area contributed by atoms with Gasteiger partial charge in [-0.2, -0.15) is 0 Å². The van der Waals surface area contributed by atoms with Crippen molar-refractivity contribution in [3.8, 4) is 0 Å². The van der Waals surface area contributed by atoms with E-state index < -0.39 is 0 Å². The molecule has 0 radical (unpaired) electrons. The fourth-order valence-electron chi connectivity index (χ4n) is 3.85. The van der Waals surface area contributed by atoms with E-state index in [1.165, 1.54) is 24.8 Å². The average molecular weight is 358 g/mol. The van der Waals surface area contributed by atoms with Crippen molar-refractivity contribution in [2.24, 2.45) is 10.7 Å². The number of nitrogens with one attached hydrogen (secondary N) is 1. The van der Waals surface area contributed by atoms with Gasteiger partial charge in [-0.15, -0.1) is 0 Å². The quantitative estimate of drug-likeness (QED) is 0.626. The van der Waals surface area contributed by atoms with Gasteiger partial charge in [0, 0.05) is 24.5 Å². The van der Waals surface area contributed by atoms with Crippen molar-refractivity contribution in [1.29, 1.82) is 0 Å². The van der Waals surface area contributed by atoms with Crippen LogP contribution in [0.4, 0.5) is 4.79 Å². The predicted molar refractivity (Wildman–Crippen MR) is 103 cm³/mol. The highest BCUT2D eigenvalue weighted by atomic mass is 16.6. The van der Waals surface area contributed by atoms with Gasteiger partial charge >= 0.3 is 6.09 Å². The molecule has 1 saturated carbocycles. The maximum Gasteiger partial charge on any atom is 0.409 e. The van der Waals surface area contributed by atoms with Crippen LogP contribution in [0.15, 0.2) is 35.3 Å². The topological polar surface area (TPSA) is 80.0 Å². The molecule has 1 amide bonds. The van der Waals surface area contributed by atoms with Gasteiger partial charge < -0.3 is 20.7 Å². The molecule has 26 heavy (non-hydrogen) atoms. The van der Waals surface area contributed by atoms with E-state index in [1.807, 2.05) is 6.92 Å². The summed E-state index contributed by atoms with van der Waals surface area (Å²) in [5.41, 5.74) is 7.66. The Kier molecular flexibility index (Phi) is 6.01. The minimum atomic E-state index is -0.220. The Bertz CT molecular complexity index is 620. The second kappa shape index (κ2) is 8.43. The van der Waals surface area contributed by atoms with E-state index in [9.17, 15) is 4.79 Å². The first kappa shape index (κ1) is 18.5. The van der Waals surface area contributed by atoms with Gasteiger partial charge in [0.1, 0.15) is 0 Å². The number of ether oxygens (including phenoxy) is 1. The molecule has 1 saturated heterocycles. The molecule has 0 bridgehead atoms. The van der Waals surface area contributed by atoms with Gasteiger partial charge in [-0.25, -0.2) is 4.79 Å². The summed E-state index contributed by atoms with van der Waals surface area (Å²) in [6.45, 7) is 4.36. The first-order valence-corrected chi connectivity index (χ1v) is 9.67. The SMILES string of the molecule is CCOC(=O)N1CCC(NC(N)=NCC2(c3ccccc3)CCC2)CC1. The summed E-state index contributed by atoms with van der Waals surface area (Å²) in [7, 11) is 0. The van der Waals surface area contributed by atoms with Crippen molar-refractivity contribution in [2.45, 2.75) is 50.5 Å². The molecule has 1 aliphatic carbocycles. The number of rotatable bonds is 5. The summed E-state index contributed by atoms with van der Waals surface area (Å²) in [6.07, 6.45) is 5.10. The summed E-state index contributed by atoms with van der Waals surface area (Å²) in [5.74, 6) is 0.516. The Morgan fingerprint density at radius 1 is 1.31 bits per heavy atom. The first-order chi connectivity index (χ1) is 12.6. The van der Waals surface area contributed by atoms with E-state index in [-0.39, 0.29) is 17.6 Å². The maximum atomic E-state index is 11.7. The van der Waals surface area contributed by atoms with Crippen LogP contribution in [0.3, 0.4) is 0 Å². The molecule has 0 unspecified atom stereocenters. The number of carbonyl (C=O) groups excluding carboxylic acids is 1. The number of benzene rings is 1. The summed E-state index contributed by atoms with van der Waals surface area (Å²) in [4.78, 5) is 18.2. The van der Waals surface area contributed by atoms with Crippen molar-refractivity contribution >= 4 is 12.1 Å². The standard InChI is InChI=1S/C20H30N4O2/c1-2-26-19(25)24-13-9-17(10-14-24)23-18(21)22-15-20(11-6-12-20)16-7-4-3-5-8-16/h3-5,7-8,17H,2,6,9-15H2,1H3,(H3,21,22,23). The van der Waals surface area contributed by atoms with Gasteiger partial charge in [-0.1, -0.05) is 36.8 Å². The van der Waals surface area contributed by atoms with E-state index in [0.717, 1.165) is 19.4 Å². The predicted octanol–water partition coefficient (Wildman–Crippen LogP) is 2.63. The number of hydrogen-bond donors (Lipinski definition) is 2. The molecule has 6 nitrogen and oxygen atoms in total. The zero-order chi connectivity index (χ0) is 18.4. The van der Waals surface area contributed by atoms with Crippen molar-refractivity contribution < 1.29 is 9.53 Å². The highest BCUT2D eigenvalue weighted by molar-refractivity contribution is 5.78. The number of guanidine groups is 1. The number of hydrogen-bond acceptors (Lipinski definition) is 3. The van der Waals surface area contributed by atoms with Crippen LogP contribution in [0.25, 0.3) is 0 Å². The van der Waals surface area contributed by atoms with Crippen LogP contribution in [-0.2, 0) is 10.2 Å². The van der Waals surface area contributed by atoms with Crippen LogP contribution in [0.1, 0.15) is 44.6 Å². The fourth-order valence-corrected chi connectivity index (χ4v) is 3.85. The molecular formula is C20H30N4O2. The Hall–Kier alpha value is -2.24. The molecule has 1 aromatic rings. The lowest BCUT2D eigenvalue weighted by molar-refractivity contribution is 0.0963. The smallest absolute Gasteiger partial charge is 0.409 e. The summed E-state index contributed by atoms with van der Waals surface area (Å²) in [6, 6.07) is 10.9. The maximum absolute atomic E-state index is 11.7. The highest BCUT2D eigenvalue weighted by Gasteiger charge is 2.38. The fraction of sp³-hybridized carbons (Fsp3) is 0.600. The van der Waals surface area contributed by atoms with Gasteiger partial charge in [0.25, 0.3) is 0 Å². The number of piperidine rings is 1. The monoisotopic (exact) mass is 358 g/mol. The number of nitrogens with zero attached hydrogens (tertiary/aromatic N) is 2. The first-order valence-electron chi connectivity index (χ1n) is 9.67. The van der Waals surface area contributed by atoms with Crippen molar-refractivity contribution in [1.82, 2.24) is 10.2 Å². The van der Waals surface area contributed by atoms with Crippen LogP contribution in [-0.4, -0.2) is 49.2 Å². The average Bonchev–Trinajstić information content (AvgIpc) is 2.62. The van der Waals surface area contributed by atoms with E-state index in [4.69, 9.17) is 10.5 Å². The molecule has 0 aromatic heterocycles. The number of likely N-dealkylation sites (tertiary alicyclic amines) is 1. The molecule has 2 aliphatic rings. The Morgan fingerprint density at radius 3 is 2.58 bits per heavy atom. The second-order valence-corrected chi connectivity index (χ2v) is 7.31. The highest BCUT2D eigenvalue weighted by Crippen LogP contribution is 2.43. The summed E-state index contributed by atoms with van der Waals surface area (Å²) >= 11 is 0. The zero-order valence-electron chi connectivity index (χ0n) is 15.6. The lowest BCUT2D eigenvalue weighted by atomic mass is 9.64. The Balaban J connectivity index is 1.49. The summed E-state index contributed by atoms with van der Waals surface area (Å²) in [5, 5.41) is 3.33. The van der Waals surface area contributed by atoms with E-state index in [1.54, 1.807) is 4.90 Å². The van der Waals surface area contributed by atoms with Gasteiger partial charge in [-0.3, -0.25) is 4.99 Å². The molecule has 0 spiro atoms. The minimum absolute atomic E-state index is 0.154. The molecule has 1 aliphatic heterocycles. The molecular weight excluding hydrogens is 328 g/mol. The third kappa shape index (κ3) is 4.29. The van der Waals surface area contributed by atoms with E-state index in [2.05, 4.69) is 40.6 Å². The van der Waals surface area contributed by atoms with Crippen LogP contribution in [0.2, 0.25) is 0 Å². The third-order valence-electron chi connectivity index (χ3n) is 5.62. The Morgan fingerprint density at radius 2 is 2.00 bits per heavy atom. The van der Waals surface area contributed by atoms with Crippen LogP contribution >= 0.6 is 0 Å². The lowest BCUT2D eigenvalue weighted by Crippen LogP contribution is -2.49. The molecule has 2 fully saturated rings. The van der Waals surface area contributed by atoms with Gasteiger partial charge in [0.05, 0.1) is 13.2 Å². The van der Waals surface area contributed by atoms with Crippen molar-refractivity contribution in [3.05, 3.63) is 35.9 Å². The molecule has 3 N–H and O–H groups in total. The number of nitrogens with two attached hydrogens (primary N) is 1. The lowest BCUT2D eigenvalue weighted by Gasteiger charge is -2.41. The van der Waals surface area contributed by atoms with Crippen molar-refractivity contribution in [2.75, 3.05) is 26.2 Å².